The number of carbonyl (C=O) groups excluding carboxylic acids is 1. The van der Waals surface area contributed by atoms with Crippen LogP contribution in [-0.2, 0) is 14.3 Å². The number of unbranched alkanes of at least 4 members (excludes halogenated alkanes) is 17. The molecule has 1 atom stereocenters. The minimum Gasteiger partial charge on any atom is -0.457 e. The SMILES string of the molecule is CC/C=C\C/C=C\C/C=C\C/C=C\C/C=C\CC(=O)OC(CO)COCCCCCCCCCCCCCC/C=C\C/C=C\CCCCCCC. The van der Waals surface area contributed by atoms with Crippen molar-refractivity contribution in [3.63, 3.8) is 0 Å². The number of ether oxygens (including phenoxy) is 2. The maximum atomic E-state index is 12.1. The first-order valence-corrected chi connectivity index (χ1v) is 21.2. The molecule has 0 aliphatic rings. The van der Waals surface area contributed by atoms with Gasteiger partial charge in [0.1, 0.15) is 6.10 Å². The lowest BCUT2D eigenvalue weighted by molar-refractivity contribution is -0.153. The summed E-state index contributed by atoms with van der Waals surface area (Å²) in [6, 6.07) is 0. The first kappa shape index (κ1) is 48.6. The van der Waals surface area contributed by atoms with E-state index in [0.717, 1.165) is 51.4 Å². The molecular weight excluding hydrogens is 629 g/mol. The van der Waals surface area contributed by atoms with Crippen LogP contribution < -0.4 is 0 Å². The van der Waals surface area contributed by atoms with Gasteiger partial charge < -0.3 is 14.6 Å². The lowest BCUT2D eigenvalue weighted by atomic mass is 10.0. The molecule has 0 bridgehead atoms. The first-order valence-electron chi connectivity index (χ1n) is 21.2. The molecule has 0 saturated carbocycles. The van der Waals surface area contributed by atoms with Crippen molar-refractivity contribution in [1.82, 2.24) is 0 Å². The lowest BCUT2D eigenvalue weighted by Crippen LogP contribution is -2.27. The summed E-state index contributed by atoms with van der Waals surface area (Å²) >= 11 is 0. The summed E-state index contributed by atoms with van der Waals surface area (Å²) < 4.78 is 11.1. The number of esters is 1. The molecule has 0 heterocycles. The summed E-state index contributed by atoms with van der Waals surface area (Å²) in [5, 5.41) is 9.57. The third-order valence-corrected chi connectivity index (χ3v) is 8.74. The van der Waals surface area contributed by atoms with Gasteiger partial charge in [-0.15, -0.1) is 0 Å². The van der Waals surface area contributed by atoms with Crippen molar-refractivity contribution < 1.29 is 19.4 Å². The van der Waals surface area contributed by atoms with Crippen LogP contribution >= 0.6 is 0 Å². The third kappa shape index (κ3) is 41.9. The molecule has 0 saturated heterocycles. The van der Waals surface area contributed by atoms with Crippen LogP contribution in [0, 0.1) is 0 Å². The number of aliphatic hydroxyl groups is 1. The van der Waals surface area contributed by atoms with E-state index in [4.69, 9.17) is 9.47 Å². The van der Waals surface area contributed by atoms with Crippen molar-refractivity contribution in [1.29, 1.82) is 0 Å². The molecule has 0 fully saturated rings. The average Bonchev–Trinajstić information content (AvgIpc) is 3.14. The zero-order chi connectivity index (χ0) is 37.0. The Morgan fingerprint density at radius 2 is 0.882 bits per heavy atom. The van der Waals surface area contributed by atoms with E-state index in [-0.39, 0.29) is 25.6 Å². The summed E-state index contributed by atoms with van der Waals surface area (Å²) in [5.74, 6) is -0.329. The molecule has 4 nitrogen and oxygen atoms in total. The highest BCUT2D eigenvalue weighted by molar-refractivity contribution is 5.71. The number of rotatable bonds is 38. The van der Waals surface area contributed by atoms with Gasteiger partial charge in [-0.05, 0) is 70.6 Å². The summed E-state index contributed by atoms with van der Waals surface area (Å²) in [7, 11) is 0. The van der Waals surface area contributed by atoms with E-state index < -0.39 is 6.10 Å². The van der Waals surface area contributed by atoms with Crippen molar-refractivity contribution in [2.24, 2.45) is 0 Å². The highest BCUT2D eigenvalue weighted by atomic mass is 16.6. The van der Waals surface area contributed by atoms with E-state index in [2.05, 4.69) is 86.8 Å². The molecule has 0 amide bonds. The molecule has 0 rings (SSSR count). The van der Waals surface area contributed by atoms with Crippen LogP contribution in [0.5, 0.6) is 0 Å². The van der Waals surface area contributed by atoms with Crippen molar-refractivity contribution in [3.8, 4) is 0 Å². The van der Waals surface area contributed by atoms with Crippen molar-refractivity contribution in [3.05, 3.63) is 85.1 Å². The quantitative estimate of drug-likeness (QED) is 0.0394. The van der Waals surface area contributed by atoms with Gasteiger partial charge in [-0.3, -0.25) is 4.79 Å². The molecule has 0 aromatic rings. The zero-order valence-electron chi connectivity index (χ0n) is 33.3. The lowest BCUT2D eigenvalue weighted by Gasteiger charge is -2.15. The van der Waals surface area contributed by atoms with Crippen molar-refractivity contribution >= 4 is 5.97 Å². The molecule has 0 spiro atoms. The zero-order valence-corrected chi connectivity index (χ0v) is 33.3. The number of carbonyl (C=O) groups is 1. The fourth-order valence-corrected chi connectivity index (χ4v) is 5.61. The van der Waals surface area contributed by atoms with Crippen molar-refractivity contribution in [2.45, 2.75) is 187 Å². The molecule has 51 heavy (non-hydrogen) atoms. The van der Waals surface area contributed by atoms with E-state index in [1.807, 2.05) is 12.2 Å². The largest absolute Gasteiger partial charge is 0.457 e. The van der Waals surface area contributed by atoms with E-state index in [0.29, 0.717) is 6.61 Å². The van der Waals surface area contributed by atoms with Crippen LogP contribution in [0.1, 0.15) is 181 Å². The van der Waals surface area contributed by atoms with Gasteiger partial charge in [-0.1, -0.05) is 189 Å². The van der Waals surface area contributed by atoms with Crippen LogP contribution in [-0.4, -0.2) is 37.0 Å². The van der Waals surface area contributed by atoms with E-state index >= 15 is 0 Å². The fourth-order valence-electron chi connectivity index (χ4n) is 5.61. The highest BCUT2D eigenvalue weighted by Gasteiger charge is 2.12. The number of allylic oxidation sites excluding steroid dienone is 13. The first-order chi connectivity index (χ1) is 25.2. The van der Waals surface area contributed by atoms with E-state index in [1.54, 1.807) is 0 Å². The van der Waals surface area contributed by atoms with E-state index in [9.17, 15) is 9.90 Å². The Morgan fingerprint density at radius 3 is 1.33 bits per heavy atom. The second-order valence-electron chi connectivity index (χ2n) is 13.7. The molecule has 0 aromatic carbocycles. The molecule has 292 valence electrons. The summed E-state index contributed by atoms with van der Waals surface area (Å²) in [5.41, 5.74) is 0. The molecule has 1 N–H and O–H groups in total. The van der Waals surface area contributed by atoms with Crippen molar-refractivity contribution in [2.75, 3.05) is 19.8 Å². The summed E-state index contributed by atoms with van der Waals surface area (Å²) in [6.45, 7) is 5.10. The van der Waals surface area contributed by atoms with Crippen LogP contribution in [0.2, 0.25) is 0 Å². The Labute approximate surface area is 316 Å². The van der Waals surface area contributed by atoms with Gasteiger partial charge >= 0.3 is 5.97 Å². The summed E-state index contributed by atoms with van der Waals surface area (Å²) in [6.07, 6.45) is 61.0. The number of aliphatic hydroxyl groups excluding tert-OH is 1. The predicted molar refractivity (Wildman–Crippen MR) is 223 cm³/mol. The Kier molecular flexibility index (Phi) is 41.6. The van der Waals surface area contributed by atoms with Crippen LogP contribution in [0.25, 0.3) is 0 Å². The molecule has 0 aliphatic carbocycles. The van der Waals surface area contributed by atoms with E-state index in [1.165, 1.54) is 109 Å². The average molecular weight is 709 g/mol. The third-order valence-electron chi connectivity index (χ3n) is 8.74. The standard InChI is InChI=1S/C47H80O4/c1-3-5-7-9-11-13-15-17-19-20-21-22-23-24-25-26-27-29-31-33-35-37-39-41-43-50-45-46(44-48)51-47(49)42-40-38-36-34-32-30-28-18-16-14-12-10-8-6-4-2/h6,8,12,14-15,17-18,20-21,28,32,34,38,40,46,48H,3-5,7,9-11,13,16,19,22-27,29-31,33,35-37,39,41-45H2,1-2H3/b8-6-,14-12-,17-15-,21-20-,28-18-,34-32-,40-38-. The monoisotopic (exact) mass is 709 g/mol. The molecule has 0 aromatic heterocycles. The maximum Gasteiger partial charge on any atom is 0.310 e. The second kappa shape index (κ2) is 43.7. The highest BCUT2D eigenvalue weighted by Crippen LogP contribution is 2.13. The van der Waals surface area contributed by atoms with Crippen LogP contribution in [0.15, 0.2) is 85.1 Å². The van der Waals surface area contributed by atoms with Crippen LogP contribution in [0.3, 0.4) is 0 Å². The minimum atomic E-state index is -0.593. The fraction of sp³-hybridized carbons (Fsp3) is 0.681. The van der Waals surface area contributed by atoms with Gasteiger partial charge in [0.15, 0.2) is 0 Å². The molecule has 1 unspecified atom stereocenters. The van der Waals surface area contributed by atoms with Gasteiger partial charge in [-0.25, -0.2) is 0 Å². The number of hydrogen-bond donors (Lipinski definition) is 1. The molecule has 0 aliphatic heterocycles. The summed E-state index contributed by atoms with van der Waals surface area (Å²) in [4.78, 5) is 12.1. The normalized spacial score (nSPS) is 13.2. The molecular formula is C47H80O4. The maximum absolute atomic E-state index is 12.1. The Morgan fingerprint density at radius 1 is 0.490 bits per heavy atom. The van der Waals surface area contributed by atoms with Gasteiger partial charge in [0.05, 0.1) is 19.6 Å². The van der Waals surface area contributed by atoms with Gasteiger partial charge in [0.25, 0.3) is 0 Å². The molecule has 0 radical (unpaired) electrons. The Balaban J connectivity index is 3.52. The van der Waals surface area contributed by atoms with Gasteiger partial charge in [-0.2, -0.15) is 0 Å². The smallest absolute Gasteiger partial charge is 0.310 e. The Bertz CT molecular complexity index is 923. The van der Waals surface area contributed by atoms with Gasteiger partial charge in [0.2, 0.25) is 0 Å². The second-order valence-corrected chi connectivity index (χ2v) is 13.7. The minimum absolute atomic E-state index is 0.208. The predicted octanol–water partition coefficient (Wildman–Crippen LogP) is 14.0. The topological polar surface area (TPSA) is 55.8 Å². The number of hydrogen-bond acceptors (Lipinski definition) is 4. The molecule has 4 heteroatoms. The Hall–Kier alpha value is -2.43. The van der Waals surface area contributed by atoms with Crippen LogP contribution in [0.4, 0.5) is 0 Å². The van der Waals surface area contributed by atoms with Gasteiger partial charge in [0, 0.05) is 6.61 Å².